The first-order valence-electron chi connectivity index (χ1n) is 46.2. The largest absolute Gasteiger partial charge is 0.472 e. The molecule has 0 spiro atoms. The molecule has 6 atom stereocenters. The summed E-state index contributed by atoms with van der Waals surface area (Å²) in [6.45, 7) is 7.45. The van der Waals surface area contributed by atoms with Crippen molar-refractivity contribution in [1.29, 1.82) is 0 Å². The second kappa shape index (κ2) is 81.6. The molecule has 0 radical (unpaired) electrons. The van der Waals surface area contributed by atoms with E-state index in [4.69, 9.17) is 37.0 Å². The molecule has 19 heteroatoms. The van der Waals surface area contributed by atoms with Gasteiger partial charge in [0.1, 0.15) is 19.3 Å². The van der Waals surface area contributed by atoms with Gasteiger partial charge in [0.05, 0.1) is 26.4 Å². The summed E-state index contributed by atoms with van der Waals surface area (Å²) in [5.41, 5.74) is 0. The predicted molar refractivity (Wildman–Crippen MR) is 446 cm³/mol. The number of hydrogen-bond acceptors (Lipinski definition) is 15. The van der Waals surface area contributed by atoms with E-state index < -0.39 is 97.5 Å². The Kier molecular flexibility index (Phi) is 80.2. The number of aliphatic hydroxyl groups is 1. The minimum atomic E-state index is -4.97. The van der Waals surface area contributed by atoms with E-state index >= 15 is 0 Å². The second-order valence-corrected chi connectivity index (χ2v) is 35.1. The first-order valence-corrected chi connectivity index (χ1v) is 49.2. The lowest BCUT2D eigenvalue weighted by atomic mass is 9.99. The molecule has 0 aromatic carbocycles. The van der Waals surface area contributed by atoms with Crippen molar-refractivity contribution >= 4 is 39.5 Å². The number of phosphoric acid groups is 2. The third-order valence-electron chi connectivity index (χ3n) is 21.4. The summed E-state index contributed by atoms with van der Waals surface area (Å²) in [7, 11) is -9.93. The van der Waals surface area contributed by atoms with Crippen LogP contribution in [0.3, 0.4) is 0 Å². The van der Waals surface area contributed by atoms with Crippen LogP contribution in [0.15, 0.2) is 0 Å². The Morgan fingerprint density at radius 2 is 0.444 bits per heavy atom. The molecule has 0 aliphatic carbocycles. The highest BCUT2D eigenvalue weighted by atomic mass is 31.2. The fourth-order valence-corrected chi connectivity index (χ4v) is 15.5. The normalized spacial score (nSPS) is 14.0. The lowest BCUT2D eigenvalue weighted by molar-refractivity contribution is -0.161. The number of phosphoric ester groups is 2. The standard InChI is InChI=1S/C89H174O17P2/c1-6-10-13-16-19-22-25-28-30-32-33-34-36-38-45-50-55-60-65-70-75-89(94)106-85(79-100-87(92)73-68-63-58-53-48-43-40-39-42-46-51-56-61-66-71-82(5)9-4)81-104-108(97,98)102-77-83(90)76-101-107(95,96)103-80-84(78-99-86(91)72-67-62-57-52-47-41-27-24-21-18-15-12-8-3)105-88(93)74-69-64-59-54-49-44-37-35-31-29-26-23-20-17-14-11-7-2/h82-85,90H,6-81H2,1-5H3,(H,95,96)(H,97,98)/t82?,83-,84+,85+/m0/s1. The number of carbonyl (C=O) groups is 4. The first-order chi connectivity index (χ1) is 52.6. The second-order valence-electron chi connectivity index (χ2n) is 32.2. The fraction of sp³-hybridized carbons (Fsp3) is 0.955. The zero-order valence-electron chi connectivity index (χ0n) is 71.0. The van der Waals surface area contributed by atoms with E-state index in [-0.39, 0.29) is 25.7 Å². The number of ether oxygens (including phenoxy) is 4. The summed E-state index contributed by atoms with van der Waals surface area (Å²) in [5, 5.41) is 10.7. The summed E-state index contributed by atoms with van der Waals surface area (Å²) >= 11 is 0. The van der Waals surface area contributed by atoms with Gasteiger partial charge in [0.15, 0.2) is 12.2 Å². The number of rotatable bonds is 89. The summed E-state index contributed by atoms with van der Waals surface area (Å²) in [6, 6.07) is 0. The molecule has 108 heavy (non-hydrogen) atoms. The molecule has 0 amide bonds. The average molecular weight is 1580 g/mol. The molecule has 0 bridgehead atoms. The Labute approximate surface area is 664 Å². The van der Waals surface area contributed by atoms with Gasteiger partial charge in [-0.15, -0.1) is 0 Å². The van der Waals surface area contributed by atoms with Gasteiger partial charge in [-0.2, -0.15) is 0 Å². The molecule has 642 valence electrons. The molecular formula is C89H174O17P2. The highest BCUT2D eigenvalue weighted by Gasteiger charge is 2.31. The van der Waals surface area contributed by atoms with Crippen molar-refractivity contribution in [3.05, 3.63) is 0 Å². The monoisotopic (exact) mass is 1580 g/mol. The lowest BCUT2D eigenvalue weighted by Gasteiger charge is -2.21. The smallest absolute Gasteiger partial charge is 0.462 e. The lowest BCUT2D eigenvalue weighted by Crippen LogP contribution is -2.30. The predicted octanol–water partition coefficient (Wildman–Crippen LogP) is 27.5. The Balaban J connectivity index is 5.26. The third-order valence-corrected chi connectivity index (χ3v) is 23.3. The molecule has 3 N–H and O–H groups in total. The summed E-state index contributed by atoms with van der Waals surface area (Å²) in [6.07, 6.45) is 76.2. The van der Waals surface area contributed by atoms with Crippen LogP contribution in [-0.2, 0) is 65.4 Å². The van der Waals surface area contributed by atoms with Gasteiger partial charge < -0.3 is 33.8 Å². The molecule has 0 aromatic rings. The van der Waals surface area contributed by atoms with Crippen LogP contribution in [0.1, 0.15) is 484 Å². The van der Waals surface area contributed by atoms with Crippen LogP contribution in [0, 0.1) is 5.92 Å². The molecule has 3 unspecified atom stereocenters. The van der Waals surface area contributed by atoms with Gasteiger partial charge >= 0.3 is 39.5 Å². The van der Waals surface area contributed by atoms with Crippen molar-refractivity contribution in [2.24, 2.45) is 5.92 Å². The van der Waals surface area contributed by atoms with Gasteiger partial charge in [-0.1, -0.05) is 433 Å². The van der Waals surface area contributed by atoms with E-state index in [1.165, 1.54) is 308 Å². The van der Waals surface area contributed by atoms with E-state index in [1.807, 2.05) is 0 Å². The van der Waals surface area contributed by atoms with Crippen molar-refractivity contribution in [2.75, 3.05) is 39.6 Å². The van der Waals surface area contributed by atoms with Gasteiger partial charge in [-0.05, 0) is 31.6 Å². The topological polar surface area (TPSA) is 237 Å². The maximum atomic E-state index is 13.2. The van der Waals surface area contributed by atoms with Crippen LogP contribution in [0.25, 0.3) is 0 Å². The highest BCUT2D eigenvalue weighted by molar-refractivity contribution is 7.47. The van der Waals surface area contributed by atoms with E-state index in [2.05, 4.69) is 34.6 Å². The van der Waals surface area contributed by atoms with Crippen molar-refractivity contribution < 1.29 is 80.2 Å². The molecular weight excluding hydrogens is 1400 g/mol. The van der Waals surface area contributed by atoms with E-state index in [1.54, 1.807) is 0 Å². The number of aliphatic hydroxyl groups excluding tert-OH is 1. The quantitative estimate of drug-likeness (QED) is 0.0222. The molecule has 0 saturated heterocycles. The van der Waals surface area contributed by atoms with Gasteiger partial charge in [0, 0.05) is 25.7 Å². The van der Waals surface area contributed by atoms with Crippen LogP contribution in [0.2, 0.25) is 0 Å². The number of hydrogen-bond donors (Lipinski definition) is 3. The van der Waals surface area contributed by atoms with Gasteiger partial charge in [-0.3, -0.25) is 37.3 Å². The van der Waals surface area contributed by atoms with Crippen LogP contribution in [-0.4, -0.2) is 96.7 Å². The van der Waals surface area contributed by atoms with Gasteiger partial charge in [0.25, 0.3) is 0 Å². The maximum absolute atomic E-state index is 13.2. The molecule has 0 rings (SSSR count). The Hall–Kier alpha value is -1.94. The number of carbonyl (C=O) groups excluding carboxylic acids is 4. The number of esters is 4. The van der Waals surface area contributed by atoms with Crippen LogP contribution in [0.5, 0.6) is 0 Å². The van der Waals surface area contributed by atoms with E-state index in [9.17, 15) is 43.2 Å². The molecule has 0 saturated carbocycles. The van der Waals surface area contributed by atoms with Crippen molar-refractivity contribution in [2.45, 2.75) is 502 Å². The average Bonchev–Trinajstić information content (AvgIpc) is 0.900. The van der Waals surface area contributed by atoms with Crippen molar-refractivity contribution in [3.63, 3.8) is 0 Å². The van der Waals surface area contributed by atoms with Crippen LogP contribution < -0.4 is 0 Å². The van der Waals surface area contributed by atoms with Crippen LogP contribution >= 0.6 is 15.6 Å². The molecule has 0 aliphatic heterocycles. The van der Waals surface area contributed by atoms with Crippen molar-refractivity contribution in [1.82, 2.24) is 0 Å². The van der Waals surface area contributed by atoms with E-state index in [0.29, 0.717) is 25.7 Å². The molecule has 0 aliphatic rings. The molecule has 0 fully saturated rings. The molecule has 0 heterocycles. The zero-order valence-corrected chi connectivity index (χ0v) is 72.8. The first kappa shape index (κ1) is 106. The van der Waals surface area contributed by atoms with Crippen LogP contribution in [0.4, 0.5) is 0 Å². The molecule has 17 nitrogen and oxygen atoms in total. The van der Waals surface area contributed by atoms with E-state index in [0.717, 1.165) is 95.8 Å². The number of unbranched alkanes of at least 4 members (excludes halogenated alkanes) is 60. The third kappa shape index (κ3) is 80.7. The zero-order chi connectivity index (χ0) is 79.0. The van der Waals surface area contributed by atoms with Gasteiger partial charge in [0.2, 0.25) is 0 Å². The SMILES string of the molecule is CCCCCCCCCCCCCCCCCCCCCCC(=O)O[C@H](COC(=O)CCCCCCCCCCCCCCCCC(C)CC)COP(=O)(O)OC[C@@H](O)COP(=O)(O)OC[C@@H](COC(=O)CCCCCCCCCCCCCCC)OC(=O)CCCCCCCCCCCCCCCCCCC. The minimum absolute atomic E-state index is 0.109. The summed E-state index contributed by atoms with van der Waals surface area (Å²) < 4.78 is 69.0. The van der Waals surface area contributed by atoms with Crippen molar-refractivity contribution in [3.8, 4) is 0 Å². The minimum Gasteiger partial charge on any atom is -0.462 e. The molecule has 0 aromatic heterocycles. The Morgan fingerprint density at radius 1 is 0.259 bits per heavy atom. The van der Waals surface area contributed by atoms with Gasteiger partial charge in [-0.25, -0.2) is 9.13 Å². The summed E-state index contributed by atoms with van der Waals surface area (Å²) in [4.78, 5) is 73.4. The maximum Gasteiger partial charge on any atom is 0.472 e. The highest BCUT2D eigenvalue weighted by Crippen LogP contribution is 2.45. The fourth-order valence-electron chi connectivity index (χ4n) is 14.0. The summed E-state index contributed by atoms with van der Waals surface area (Å²) in [5.74, 6) is -1.24. The Bertz CT molecular complexity index is 2050. The Morgan fingerprint density at radius 3 is 0.657 bits per heavy atom.